The van der Waals surface area contributed by atoms with E-state index in [0.29, 0.717) is 5.56 Å². The first-order chi connectivity index (χ1) is 17.4. The third-order valence-electron chi connectivity index (χ3n) is 5.45. The molecule has 1 fully saturated rings. The molecular weight excluding hydrogens is 535 g/mol. The molecule has 0 bridgehead atoms. The maximum absolute atomic E-state index is 15.7. The van der Waals surface area contributed by atoms with Crippen LogP contribution in [0, 0.1) is 0 Å². The molecule has 4 rings (SSSR count). The molecule has 1 heterocycles. The van der Waals surface area contributed by atoms with Crippen LogP contribution in [0.3, 0.4) is 0 Å². The summed E-state index contributed by atoms with van der Waals surface area (Å²) >= 11 is 3.26. The molecule has 1 aliphatic heterocycles. The van der Waals surface area contributed by atoms with E-state index in [1.54, 1.807) is 78.9 Å². The van der Waals surface area contributed by atoms with Crippen LogP contribution in [0.1, 0.15) is 31.1 Å². The molecule has 9 heteroatoms. The molecule has 186 valence electrons. The van der Waals surface area contributed by atoms with Crippen molar-refractivity contribution in [3.8, 4) is 0 Å². The van der Waals surface area contributed by atoms with Crippen LogP contribution in [-0.2, 0) is 18.9 Å². The van der Waals surface area contributed by atoms with Gasteiger partial charge in [0.1, 0.15) is 12.7 Å². The lowest BCUT2D eigenvalue weighted by Crippen LogP contribution is -2.58. The van der Waals surface area contributed by atoms with Crippen LogP contribution in [0.25, 0.3) is 0 Å². The highest BCUT2D eigenvalue weighted by Gasteiger charge is 2.50. The van der Waals surface area contributed by atoms with Crippen molar-refractivity contribution in [2.45, 2.75) is 29.5 Å². The number of alkyl halides is 2. The van der Waals surface area contributed by atoms with E-state index >= 15 is 4.39 Å². The van der Waals surface area contributed by atoms with Gasteiger partial charge >= 0.3 is 17.9 Å². The lowest BCUT2D eigenvalue weighted by atomic mass is 10.0. The number of carbonyl (C=O) groups excluding carboxylic acids is 3. The number of carbonyl (C=O) groups is 3. The topological polar surface area (TPSA) is 88.1 Å². The Morgan fingerprint density at radius 2 is 1.11 bits per heavy atom. The second-order valence-corrected chi connectivity index (χ2v) is 8.81. The molecule has 3 aromatic rings. The number of hydrogen-bond donors (Lipinski definition) is 0. The summed E-state index contributed by atoms with van der Waals surface area (Å²) in [6.45, 7) is -0.449. The molecule has 0 amide bonds. The highest BCUT2D eigenvalue weighted by molar-refractivity contribution is 9.09. The van der Waals surface area contributed by atoms with E-state index in [1.807, 2.05) is 0 Å². The number of benzene rings is 3. The third-order valence-corrected chi connectivity index (χ3v) is 6.19. The summed E-state index contributed by atoms with van der Waals surface area (Å²) in [4.78, 5) is 37.8. The Morgan fingerprint density at radius 1 is 0.694 bits per heavy atom. The molecule has 0 spiro atoms. The molecule has 0 aliphatic carbocycles. The zero-order chi connectivity index (χ0) is 25.5. The number of rotatable bonds is 7. The first kappa shape index (κ1) is 25.5. The highest BCUT2D eigenvalue weighted by atomic mass is 79.9. The van der Waals surface area contributed by atoms with E-state index in [9.17, 15) is 14.4 Å². The smallest absolute Gasteiger partial charge is 0.338 e. The zero-order valence-corrected chi connectivity index (χ0v) is 20.5. The quantitative estimate of drug-likeness (QED) is 0.235. The van der Waals surface area contributed by atoms with E-state index in [0.717, 1.165) is 0 Å². The summed E-state index contributed by atoms with van der Waals surface area (Å²) in [5.41, 5.74) is 0.725. The fraction of sp³-hybridized carbons (Fsp3) is 0.222. The van der Waals surface area contributed by atoms with Gasteiger partial charge < -0.3 is 18.9 Å². The molecule has 0 saturated carbocycles. The molecule has 0 unspecified atom stereocenters. The fourth-order valence-corrected chi connectivity index (χ4v) is 4.28. The molecule has 7 nitrogen and oxygen atoms in total. The van der Waals surface area contributed by atoms with Gasteiger partial charge in [-0.15, -0.1) is 0 Å². The lowest BCUT2D eigenvalue weighted by Gasteiger charge is -2.40. The van der Waals surface area contributed by atoms with Gasteiger partial charge in [-0.05, 0) is 36.4 Å². The predicted molar refractivity (Wildman–Crippen MR) is 130 cm³/mol. The molecule has 5 atom stereocenters. The van der Waals surface area contributed by atoms with Crippen LogP contribution in [-0.4, -0.2) is 54.0 Å². The van der Waals surface area contributed by atoms with Gasteiger partial charge in [0.05, 0.1) is 16.7 Å². The lowest BCUT2D eigenvalue weighted by molar-refractivity contribution is -0.185. The average molecular weight is 557 g/mol. The maximum atomic E-state index is 15.7. The Morgan fingerprint density at radius 3 is 1.58 bits per heavy atom. The van der Waals surface area contributed by atoms with Crippen molar-refractivity contribution in [2.24, 2.45) is 0 Å². The Bertz CT molecular complexity index is 1180. The van der Waals surface area contributed by atoms with Crippen LogP contribution >= 0.6 is 15.9 Å². The summed E-state index contributed by atoms with van der Waals surface area (Å²) in [6, 6.07) is 24.4. The second kappa shape index (κ2) is 11.9. The minimum atomic E-state index is -1.97. The molecule has 0 aromatic heterocycles. The summed E-state index contributed by atoms with van der Waals surface area (Å²) in [7, 11) is 0. The number of halogens is 2. The SMILES string of the molecule is O=C(OC[C@H]1O[C@H](Br)[C@H](OC(=O)c2ccccc2)[C@@H](OC(=O)c2ccccc2)[C@H]1F)c1ccccc1. The van der Waals surface area contributed by atoms with Gasteiger partial charge in [0, 0.05) is 0 Å². The van der Waals surface area contributed by atoms with Gasteiger partial charge in [-0.1, -0.05) is 70.5 Å². The average Bonchev–Trinajstić information content (AvgIpc) is 2.92. The van der Waals surface area contributed by atoms with Crippen molar-refractivity contribution in [3.05, 3.63) is 108 Å². The van der Waals surface area contributed by atoms with E-state index in [4.69, 9.17) is 18.9 Å². The van der Waals surface area contributed by atoms with E-state index in [-0.39, 0.29) is 11.1 Å². The molecule has 0 N–H and O–H groups in total. The first-order valence-electron chi connectivity index (χ1n) is 11.1. The number of ether oxygens (including phenoxy) is 4. The number of hydrogen-bond acceptors (Lipinski definition) is 7. The highest BCUT2D eigenvalue weighted by Crippen LogP contribution is 2.32. The number of esters is 3. The molecule has 36 heavy (non-hydrogen) atoms. The largest absolute Gasteiger partial charge is 0.459 e. The van der Waals surface area contributed by atoms with E-state index in [2.05, 4.69) is 15.9 Å². The van der Waals surface area contributed by atoms with Gasteiger partial charge in [-0.3, -0.25) is 0 Å². The van der Waals surface area contributed by atoms with E-state index in [1.165, 1.54) is 12.1 Å². The van der Waals surface area contributed by atoms with Crippen molar-refractivity contribution in [1.29, 1.82) is 0 Å². The molecule has 0 radical (unpaired) electrons. The maximum Gasteiger partial charge on any atom is 0.338 e. The Hall–Kier alpha value is -3.56. The van der Waals surface area contributed by atoms with Gasteiger partial charge in [-0.25, -0.2) is 18.8 Å². The zero-order valence-electron chi connectivity index (χ0n) is 18.9. The van der Waals surface area contributed by atoms with Crippen LogP contribution in [0.5, 0.6) is 0 Å². The fourth-order valence-electron chi connectivity index (χ4n) is 3.59. The molecule has 3 aromatic carbocycles. The van der Waals surface area contributed by atoms with Gasteiger partial charge in [0.15, 0.2) is 23.4 Å². The van der Waals surface area contributed by atoms with Crippen LogP contribution in [0.4, 0.5) is 4.39 Å². The van der Waals surface area contributed by atoms with E-state index < -0.39 is 54.0 Å². The monoisotopic (exact) mass is 556 g/mol. The van der Waals surface area contributed by atoms with Crippen molar-refractivity contribution in [3.63, 3.8) is 0 Å². The molecule has 1 aliphatic rings. The van der Waals surface area contributed by atoms with Gasteiger partial charge in [0.25, 0.3) is 0 Å². The van der Waals surface area contributed by atoms with Gasteiger partial charge in [0.2, 0.25) is 0 Å². The van der Waals surface area contributed by atoms with Crippen LogP contribution in [0.2, 0.25) is 0 Å². The molecule has 1 saturated heterocycles. The van der Waals surface area contributed by atoms with Crippen molar-refractivity contribution >= 4 is 33.8 Å². The van der Waals surface area contributed by atoms with Crippen LogP contribution in [0.15, 0.2) is 91.0 Å². The van der Waals surface area contributed by atoms with Crippen molar-refractivity contribution in [2.75, 3.05) is 6.61 Å². The normalized spacial score (nSPS) is 23.3. The summed E-state index contributed by atoms with van der Waals surface area (Å²) in [5, 5.41) is -1.05. The Labute approximate surface area is 215 Å². The second-order valence-electron chi connectivity index (χ2n) is 7.91. The summed E-state index contributed by atoms with van der Waals surface area (Å²) in [5.74, 6) is -2.20. The van der Waals surface area contributed by atoms with Crippen LogP contribution < -0.4 is 0 Å². The van der Waals surface area contributed by atoms with Crippen molar-refractivity contribution in [1.82, 2.24) is 0 Å². The van der Waals surface area contributed by atoms with Crippen molar-refractivity contribution < 1.29 is 37.7 Å². The Kier molecular flexibility index (Phi) is 8.45. The standard InChI is InChI=1S/C27H22BrFO7/c28-24-23(36-27(32)19-14-8-3-9-15-19)22(35-26(31)18-12-6-2-7-13-18)21(29)20(34-24)16-33-25(30)17-10-4-1-5-11-17/h1-15,20-24H,16H2/t20-,21+,22+,23-,24+/m1/s1. The third kappa shape index (κ3) is 6.16. The van der Waals surface area contributed by atoms with Gasteiger partial charge in [-0.2, -0.15) is 0 Å². The summed E-state index contributed by atoms with van der Waals surface area (Å²) in [6.07, 6.45) is -6.11. The predicted octanol–water partition coefficient (Wildman–Crippen LogP) is 4.75. The molecular formula is C27H22BrFO7. The minimum Gasteiger partial charge on any atom is -0.459 e. The Balaban J connectivity index is 1.52. The first-order valence-corrected chi connectivity index (χ1v) is 12.0. The minimum absolute atomic E-state index is 0.197. The summed E-state index contributed by atoms with van der Waals surface area (Å²) < 4.78 is 37.6.